The molecule has 5 aromatic carbocycles. The monoisotopic (exact) mass is 628 g/mol. The number of ether oxygens (including phenoxy) is 2. The molecule has 0 saturated carbocycles. The molecule has 0 aromatic heterocycles. The molecule has 48 heavy (non-hydrogen) atoms. The summed E-state index contributed by atoms with van der Waals surface area (Å²) in [7, 11) is 0. The Morgan fingerprint density at radius 2 is 1.10 bits per heavy atom. The summed E-state index contributed by atoms with van der Waals surface area (Å²) in [6, 6.07) is 32.5. The Hall–Kier alpha value is -4.64. The maximum atomic E-state index is 6.26. The molecule has 0 fully saturated rings. The van der Waals surface area contributed by atoms with E-state index in [2.05, 4.69) is 129 Å². The fourth-order valence-electron chi connectivity index (χ4n) is 9.54. The number of para-hydroxylation sites is 1. The Labute approximate surface area is 284 Å². The van der Waals surface area contributed by atoms with Crippen molar-refractivity contribution in [2.75, 3.05) is 23.0 Å². The Morgan fingerprint density at radius 1 is 0.542 bits per heavy atom. The van der Waals surface area contributed by atoms with Crippen molar-refractivity contribution in [2.45, 2.75) is 60.3 Å². The number of aryl methyl sites for hydroxylation is 1. The van der Waals surface area contributed by atoms with Crippen molar-refractivity contribution in [1.29, 1.82) is 0 Å². The Bertz CT molecular complexity index is 2190. The van der Waals surface area contributed by atoms with E-state index in [0.29, 0.717) is 18.6 Å². The predicted molar refractivity (Wildman–Crippen MR) is 199 cm³/mol. The molecule has 5 heteroatoms. The van der Waals surface area contributed by atoms with Gasteiger partial charge in [-0.25, -0.2) is 0 Å². The fraction of sp³-hybridized carbons (Fsp3) is 0.302. The molecule has 0 radical (unpaired) electrons. The summed E-state index contributed by atoms with van der Waals surface area (Å²) in [5.41, 5.74) is 19.2. The van der Waals surface area contributed by atoms with E-state index in [1.54, 1.807) is 0 Å². The van der Waals surface area contributed by atoms with Gasteiger partial charge >= 0.3 is 0 Å². The highest BCUT2D eigenvalue weighted by Crippen LogP contribution is 2.49. The van der Waals surface area contributed by atoms with E-state index in [4.69, 9.17) is 9.47 Å². The SMILES string of the molecule is Cc1cc2c3c(c1)N(c1ccccc1)c1cc4c(cc1B3c1cc3c(cc1N2c1ccc2c(c1)CC(C)(C)C2)CC(C)(C)C3)OCCO4. The summed E-state index contributed by atoms with van der Waals surface area (Å²) in [4.78, 5) is 5.06. The summed E-state index contributed by atoms with van der Waals surface area (Å²) < 4.78 is 12.5. The van der Waals surface area contributed by atoms with Gasteiger partial charge in [0.2, 0.25) is 0 Å². The van der Waals surface area contributed by atoms with Crippen LogP contribution >= 0.6 is 0 Å². The zero-order valence-corrected chi connectivity index (χ0v) is 28.6. The molecule has 3 aliphatic heterocycles. The number of rotatable bonds is 2. The second kappa shape index (κ2) is 9.72. The standard InChI is InChI=1S/C43H41BN2O2/c1-26-15-37-41-38(16-26)46(32-12-11-27-22-42(2,3)23-28(27)17-32)35-19-30-25-43(4,5)24-29(30)18-33(35)44(41)34-20-39-40(48-14-13-47-39)21-36(34)45(37)31-9-7-6-8-10-31/h6-12,15-21H,13-14,22-25H2,1-5H3. The van der Waals surface area contributed by atoms with Crippen LogP contribution in [0.2, 0.25) is 0 Å². The van der Waals surface area contributed by atoms with Crippen molar-refractivity contribution in [3.8, 4) is 11.5 Å². The van der Waals surface area contributed by atoms with Crippen LogP contribution in [0.1, 0.15) is 55.5 Å². The lowest BCUT2D eigenvalue weighted by Gasteiger charge is -2.45. The van der Waals surface area contributed by atoms with Crippen molar-refractivity contribution >= 4 is 57.2 Å². The molecule has 10 rings (SSSR count). The first-order chi connectivity index (χ1) is 23.1. The molecule has 0 amide bonds. The normalized spacial score (nSPS) is 18.6. The average molecular weight is 629 g/mol. The van der Waals surface area contributed by atoms with E-state index in [-0.39, 0.29) is 12.1 Å². The summed E-state index contributed by atoms with van der Waals surface area (Å²) in [5.74, 6) is 1.67. The van der Waals surface area contributed by atoms with Gasteiger partial charge in [-0.1, -0.05) is 58.0 Å². The Morgan fingerprint density at radius 3 is 1.81 bits per heavy atom. The quantitative estimate of drug-likeness (QED) is 0.181. The van der Waals surface area contributed by atoms with Gasteiger partial charge in [-0.15, -0.1) is 0 Å². The zero-order valence-electron chi connectivity index (χ0n) is 28.6. The fourth-order valence-corrected chi connectivity index (χ4v) is 9.54. The van der Waals surface area contributed by atoms with Gasteiger partial charge < -0.3 is 19.3 Å². The molecule has 0 bridgehead atoms. The number of hydrogen-bond donors (Lipinski definition) is 0. The van der Waals surface area contributed by atoms with Crippen LogP contribution in [-0.2, 0) is 25.7 Å². The van der Waals surface area contributed by atoms with Gasteiger partial charge in [0, 0.05) is 40.2 Å². The molecular formula is C43H41BN2O2. The molecular weight excluding hydrogens is 587 g/mol. The van der Waals surface area contributed by atoms with Gasteiger partial charge in [0.1, 0.15) is 13.2 Å². The largest absolute Gasteiger partial charge is 0.486 e. The topological polar surface area (TPSA) is 24.9 Å². The summed E-state index contributed by atoms with van der Waals surface area (Å²) in [6.07, 6.45) is 4.47. The van der Waals surface area contributed by atoms with Crippen molar-refractivity contribution < 1.29 is 9.47 Å². The number of hydrogen-bond acceptors (Lipinski definition) is 4. The van der Waals surface area contributed by atoms with Gasteiger partial charge in [0.15, 0.2) is 11.5 Å². The van der Waals surface area contributed by atoms with E-state index in [0.717, 1.165) is 42.9 Å². The van der Waals surface area contributed by atoms with Crippen LogP contribution in [0.3, 0.4) is 0 Å². The zero-order chi connectivity index (χ0) is 32.5. The van der Waals surface area contributed by atoms with Crippen molar-refractivity contribution in [1.82, 2.24) is 0 Å². The third-order valence-corrected chi connectivity index (χ3v) is 11.3. The van der Waals surface area contributed by atoms with Crippen LogP contribution in [0.25, 0.3) is 0 Å². The summed E-state index contributed by atoms with van der Waals surface area (Å²) >= 11 is 0. The lowest BCUT2D eigenvalue weighted by Crippen LogP contribution is -2.61. The molecule has 5 aromatic rings. The number of fused-ring (bicyclic) bond motifs is 7. The number of benzene rings is 5. The average Bonchev–Trinajstić information content (AvgIpc) is 3.54. The first-order valence-electron chi connectivity index (χ1n) is 17.6. The second-order valence-electron chi connectivity index (χ2n) is 16.4. The van der Waals surface area contributed by atoms with Crippen LogP contribution in [0, 0.1) is 17.8 Å². The molecule has 238 valence electrons. The van der Waals surface area contributed by atoms with E-state index in [1.807, 2.05) is 0 Å². The highest BCUT2D eigenvalue weighted by atomic mass is 16.6. The smallest absolute Gasteiger partial charge is 0.252 e. The Balaban J connectivity index is 1.29. The molecule has 2 aliphatic carbocycles. The van der Waals surface area contributed by atoms with E-state index in [9.17, 15) is 0 Å². The first kappa shape index (κ1) is 28.4. The van der Waals surface area contributed by atoms with Crippen LogP contribution < -0.4 is 35.7 Å². The highest BCUT2D eigenvalue weighted by Gasteiger charge is 2.45. The maximum Gasteiger partial charge on any atom is 0.252 e. The third-order valence-electron chi connectivity index (χ3n) is 11.3. The highest BCUT2D eigenvalue weighted by molar-refractivity contribution is 7.00. The van der Waals surface area contributed by atoms with Gasteiger partial charge in [-0.2, -0.15) is 0 Å². The molecule has 0 N–H and O–H groups in total. The second-order valence-corrected chi connectivity index (χ2v) is 16.4. The first-order valence-corrected chi connectivity index (χ1v) is 17.6. The maximum absolute atomic E-state index is 6.26. The molecule has 0 unspecified atom stereocenters. The van der Waals surface area contributed by atoms with Crippen molar-refractivity contribution in [3.05, 3.63) is 113 Å². The van der Waals surface area contributed by atoms with E-state index in [1.165, 1.54) is 72.6 Å². The van der Waals surface area contributed by atoms with Gasteiger partial charge in [-0.05, 0) is 136 Å². The third kappa shape index (κ3) is 4.15. The van der Waals surface area contributed by atoms with Gasteiger partial charge in [0.25, 0.3) is 6.71 Å². The minimum Gasteiger partial charge on any atom is -0.486 e. The van der Waals surface area contributed by atoms with Crippen molar-refractivity contribution in [3.63, 3.8) is 0 Å². The lowest BCUT2D eigenvalue weighted by atomic mass is 9.33. The molecule has 0 spiro atoms. The van der Waals surface area contributed by atoms with E-state index < -0.39 is 0 Å². The van der Waals surface area contributed by atoms with Crippen LogP contribution in [-0.4, -0.2) is 19.9 Å². The molecule has 3 heterocycles. The molecule has 4 nitrogen and oxygen atoms in total. The van der Waals surface area contributed by atoms with Crippen molar-refractivity contribution in [2.24, 2.45) is 10.8 Å². The predicted octanol–water partition coefficient (Wildman–Crippen LogP) is 8.10. The minimum absolute atomic E-state index is 0.0648. The van der Waals surface area contributed by atoms with Crippen LogP contribution in [0.5, 0.6) is 11.5 Å². The minimum atomic E-state index is 0.0648. The molecule has 0 saturated heterocycles. The van der Waals surface area contributed by atoms with Crippen LogP contribution in [0.15, 0.2) is 84.9 Å². The van der Waals surface area contributed by atoms with Gasteiger partial charge in [0.05, 0.1) is 0 Å². The number of nitrogens with zero attached hydrogens (tertiary/aromatic N) is 2. The van der Waals surface area contributed by atoms with Crippen LogP contribution in [0.4, 0.5) is 34.1 Å². The molecule has 5 aliphatic rings. The molecule has 0 atom stereocenters. The number of anilines is 6. The Kier molecular flexibility index (Phi) is 5.75. The summed E-state index contributed by atoms with van der Waals surface area (Å²) in [5, 5.41) is 0. The van der Waals surface area contributed by atoms with E-state index >= 15 is 0 Å². The summed E-state index contributed by atoms with van der Waals surface area (Å²) in [6.45, 7) is 13.1. The lowest BCUT2D eigenvalue weighted by molar-refractivity contribution is 0.172. The van der Waals surface area contributed by atoms with Gasteiger partial charge in [-0.3, -0.25) is 0 Å².